The first-order valence-corrected chi connectivity index (χ1v) is 10.0. The number of nitrogens with one attached hydrogen (secondary N) is 2. The Bertz CT molecular complexity index is 788. The average Bonchev–Trinajstić information content (AvgIpc) is 3.31. The molecular formula is C22H31N5O2. The number of pyridine rings is 1. The van der Waals surface area contributed by atoms with E-state index >= 15 is 0 Å². The zero-order valence-electron chi connectivity index (χ0n) is 17.5. The summed E-state index contributed by atoms with van der Waals surface area (Å²) in [6, 6.07) is 12.6. The van der Waals surface area contributed by atoms with Crippen molar-refractivity contribution in [2.45, 2.75) is 25.4 Å². The summed E-state index contributed by atoms with van der Waals surface area (Å²) >= 11 is 0. The van der Waals surface area contributed by atoms with Gasteiger partial charge in [-0.3, -0.25) is 9.89 Å². The second kappa shape index (κ2) is 10.7. The van der Waals surface area contributed by atoms with Gasteiger partial charge >= 0.3 is 0 Å². The normalized spacial score (nSPS) is 15.8. The molecule has 1 aromatic carbocycles. The fourth-order valence-corrected chi connectivity index (χ4v) is 3.61. The lowest BCUT2D eigenvalue weighted by Gasteiger charge is -2.29. The van der Waals surface area contributed by atoms with Gasteiger partial charge in [-0.25, -0.2) is 4.98 Å². The van der Waals surface area contributed by atoms with Crippen LogP contribution < -0.4 is 20.1 Å². The Kier molecular flexibility index (Phi) is 7.69. The Morgan fingerprint density at radius 2 is 1.86 bits per heavy atom. The minimum absolute atomic E-state index is 0.294. The molecule has 156 valence electrons. The maximum atomic E-state index is 5.31. The number of likely N-dealkylation sites (tertiary alicyclic amines) is 1. The van der Waals surface area contributed by atoms with Crippen molar-refractivity contribution in [3.8, 4) is 11.6 Å². The van der Waals surface area contributed by atoms with E-state index < -0.39 is 0 Å². The number of aliphatic imine (C=N–C) groups is 1. The summed E-state index contributed by atoms with van der Waals surface area (Å²) in [6.07, 6.45) is 4.26. The molecule has 0 amide bonds. The van der Waals surface area contributed by atoms with Crippen LogP contribution in [0.3, 0.4) is 0 Å². The Morgan fingerprint density at radius 3 is 2.52 bits per heavy atom. The Balaban J connectivity index is 1.61. The molecule has 0 aliphatic carbocycles. The van der Waals surface area contributed by atoms with Gasteiger partial charge in [0.2, 0.25) is 5.88 Å². The summed E-state index contributed by atoms with van der Waals surface area (Å²) in [7, 11) is 5.11. The molecule has 2 aromatic rings. The summed E-state index contributed by atoms with van der Waals surface area (Å²) < 4.78 is 10.5. The average molecular weight is 398 g/mol. The van der Waals surface area contributed by atoms with Gasteiger partial charge in [-0.05, 0) is 55.3 Å². The molecule has 1 aliphatic heterocycles. The summed E-state index contributed by atoms with van der Waals surface area (Å²) in [4.78, 5) is 11.1. The van der Waals surface area contributed by atoms with Crippen molar-refractivity contribution in [2.75, 3.05) is 40.9 Å². The van der Waals surface area contributed by atoms with Crippen LogP contribution in [0, 0.1) is 0 Å². The molecular weight excluding hydrogens is 366 g/mol. The van der Waals surface area contributed by atoms with Crippen LogP contribution in [0.4, 0.5) is 0 Å². The second-order valence-corrected chi connectivity index (χ2v) is 7.05. The van der Waals surface area contributed by atoms with E-state index in [2.05, 4.69) is 37.6 Å². The molecule has 3 rings (SSSR count). The summed E-state index contributed by atoms with van der Waals surface area (Å²) in [5.41, 5.74) is 2.38. The fraction of sp³-hybridized carbons (Fsp3) is 0.455. The molecule has 1 aromatic heterocycles. The molecule has 1 fully saturated rings. The summed E-state index contributed by atoms with van der Waals surface area (Å²) in [5, 5.41) is 6.86. The van der Waals surface area contributed by atoms with Crippen molar-refractivity contribution in [3.63, 3.8) is 0 Å². The molecule has 7 heteroatoms. The van der Waals surface area contributed by atoms with Crippen LogP contribution in [-0.2, 0) is 6.54 Å². The van der Waals surface area contributed by atoms with E-state index in [0.29, 0.717) is 18.5 Å². The third-order valence-corrected chi connectivity index (χ3v) is 5.24. The number of benzene rings is 1. The highest BCUT2D eigenvalue weighted by molar-refractivity contribution is 5.79. The van der Waals surface area contributed by atoms with Gasteiger partial charge in [-0.2, -0.15) is 0 Å². The van der Waals surface area contributed by atoms with E-state index in [1.807, 2.05) is 24.3 Å². The Labute approximate surface area is 173 Å². The lowest BCUT2D eigenvalue weighted by Crippen LogP contribution is -2.42. The van der Waals surface area contributed by atoms with Gasteiger partial charge in [0, 0.05) is 32.4 Å². The summed E-state index contributed by atoms with van der Waals surface area (Å²) in [5.74, 6) is 2.27. The number of hydrogen-bond donors (Lipinski definition) is 2. The highest BCUT2D eigenvalue weighted by atomic mass is 16.5. The van der Waals surface area contributed by atoms with E-state index in [-0.39, 0.29) is 0 Å². The van der Waals surface area contributed by atoms with E-state index in [4.69, 9.17) is 9.47 Å². The molecule has 0 bridgehead atoms. The molecule has 7 nitrogen and oxygen atoms in total. The predicted octanol–water partition coefficient (Wildman–Crippen LogP) is 2.60. The van der Waals surface area contributed by atoms with Crippen molar-refractivity contribution >= 4 is 5.96 Å². The first-order valence-electron chi connectivity index (χ1n) is 10.0. The smallest absolute Gasteiger partial charge is 0.213 e. The van der Waals surface area contributed by atoms with Crippen LogP contribution in [0.2, 0.25) is 0 Å². The van der Waals surface area contributed by atoms with Gasteiger partial charge in [0.1, 0.15) is 5.75 Å². The standard InChI is InChI=1S/C22H31N5O2/c1-23-22(25-15-17-10-11-24-21(14-17)29-3)26-16-20(27-12-4-5-13-27)18-6-8-19(28-2)9-7-18/h6-11,14,20H,4-5,12-13,15-16H2,1-3H3,(H2,23,25,26). The molecule has 1 aliphatic rings. The topological polar surface area (TPSA) is 71.0 Å². The lowest BCUT2D eigenvalue weighted by atomic mass is 10.1. The van der Waals surface area contributed by atoms with Crippen LogP contribution >= 0.6 is 0 Å². The minimum atomic E-state index is 0.294. The minimum Gasteiger partial charge on any atom is -0.497 e. The van der Waals surface area contributed by atoms with Gasteiger partial charge < -0.3 is 20.1 Å². The summed E-state index contributed by atoms with van der Waals surface area (Å²) in [6.45, 7) is 3.68. The largest absolute Gasteiger partial charge is 0.497 e. The third-order valence-electron chi connectivity index (χ3n) is 5.24. The monoisotopic (exact) mass is 397 g/mol. The van der Waals surface area contributed by atoms with Gasteiger partial charge in [-0.15, -0.1) is 0 Å². The van der Waals surface area contributed by atoms with Crippen LogP contribution in [0.5, 0.6) is 11.6 Å². The predicted molar refractivity (Wildman–Crippen MR) is 116 cm³/mol. The van der Waals surface area contributed by atoms with E-state index in [0.717, 1.165) is 36.9 Å². The molecule has 29 heavy (non-hydrogen) atoms. The van der Waals surface area contributed by atoms with Crippen molar-refractivity contribution in [2.24, 2.45) is 4.99 Å². The molecule has 0 spiro atoms. The van der Waals surface area contributed by atoms with Crippen LogP contribution in [0.25, 0.3) is 0 Å². The molecule has 1 atom stereocenters. The van der Waals surface area contributed by atoms with Crippen molar-refractivity contribution in [1.29, 1.82) is 0 Å². The molecule has 1 saturated heterocycles. The van der Waals surface area contributed by atoms with Crippen LogP contribution in [-0.4, -0.2) is 56.7 Å². The fourth-order valence-electron chi connectivity index (χ4n) is 3.61. The number of ether oxygens (including phenoxy) is 2. The van der Waals surface area contributed by atoms with E-state index in [9.17, 15) is 0 Å². The first-order chi connectivity index (χ1) is 14.2. The zero-order valence-corrected chi connectivity index (χ0v) is 17.5. The van der Waals surface area contributed by atoms with Crippen molar-refractivity contribution < 1.29 is 9.47 Å². The Morgan fingerprint density at radius 1 is 1.10 bits per heavy atom. The molecule has 1 unspecified atom stereocenters. The van der Waals surface area contributed by atoms with Gasteiger partial charge in [0.05, 0.1) is 20.3 Å². The van der Waals surface area contributed by atoms with Gasteiger partial charge in [0.15, 0.2) is 5.96 Å². The number of methoxy groups -OCH3 is 2. The number of aromatic nitrogens is 1. The molecule has 0 radical (unpaired) electrons. The highest BCUT2D eigenvalue weighted by Crippen LogP contribution is 2.26. The van der Waals surface area contributed by atoms with Crippen molar-refractivity contribution in [1.82, 2.24) is 20.5 Å². The van der Waals surface area contributed by atoms with Crippen LogP contribution in [0.1, 0.15) is 30.0 Å². The van der Waals surface area contributed by atoms with E-state index in [1.165, 1.54) is 18.4 Å². The quantitative estimate of drug-likeness (QED) is 0.527. The number of hydrogen-bond acceptors (Lipinski definition) is 5. The highest BCUT2D eigenvalue weighted by Gasteiger charge is 2.23. The third kappa shape index (κ3) is 5.84. The number of guanidine groups is 1. The van der Waals surface area contributed by atoms with Gasteiger partial charge in [-0.1, -0.05) is 12.1 Å². The number of nitrogens with zero attached hydrogens (tertiary/aromatic N) is 3. The van der Waals surface area contributed by atoms with Crippen LogP contribution in [0.15, 0.2) is 47.6 Å². The van der Waals surface area contributed by atoms with Gasteiger partial charge in [0.25, 0.3) is 0 Å². The number of rotatable bonds is 8. The second-order valence-electron chi connectivity index (χ2n) is 7.05. The Hall–Kier alpha value is -2.80. The molecule has 0 saturated carbocycles. The maximum absolute atomic E-state index is 5.31. The maximum Gasteiger partial charge on any atom is 0.213 e. The molecule has 2 N–H and O–H groups in total. The lowest BCUT2D eigenvalue weighted by molar-refractivity contribution is 0.245. The van der Waals surface area contributed by atoms with E-state index in [1.54, 1.807) is 27.5 Å². The SMILES string of the molecule is CN=C(NCc1ccnc(OC)c1)NCC(c1ccc(OC)cc1)N1CCCC1. The van der Waals surface area contributed by atoms with Crippen molar-refractivity contribution in [3.05, 3.63) is 53.7 Å². The molecule has 2 heterocycles. The zero-order chi connectivity index (χ0) is 20.5. The first kappa shape index (κ1) is 20.9.